The standard InChI is InChI=1S/C26H27Cl3N8O5/c1-6-42-26(39)20-19(14-8-7-9-15(27)21(14)29)18(25(38)41-5)12(2)32-22(20)23(40-4)24-34-36-37(35-24)13(3)33-17-10-16(28)30-11-31-17/h7-11,13,19,23,32H,6H2,1-5H3,(H,30,31,33). The molecule has 1 aromatic carbocycles. The van der Waals surface area contributed by atoms with Gasteiger partial charge in [-0.05, 0) is 37.6 Å². The highest BCUT2D eigenvalue weighted by molar-refractivity contribution is 6.42. The van der Waals surface area contributed by atoms with Crippen LogP contribution < -0.4 is 10.6 Å². The number of rotatable bonds is 10. The highest BCUT2D eigenvalue weighted by Crippen LogP contribution is 2.45. The third kappa shape index (κ3) is 6.33. The summed E-state index contributed by atoms with van der Waals surface area (Å²) in [5.41, 5.74) is 1.18. The Hall–Kier alpha value is -3.78. The summed E-state index contributed by atoms with van der Waals surface area (Å²) in [5, 5.41) is 19.7. The van der Waals surface area contributed by atoms with Gasteiger partial charge in [0, 0.05) is 18.9 Å². The van der Waals surface area contributed by atoms with Crippen molar-refractivity contribution >= 4 is 52.6 Å². The SMILES string of the molecule is CCOC(=O)C1=C(C(OC)c2nnn(C(C)Nc3cc(Cl)ncn3)n2)NC(C)=C(C(=O)OC)C1c1cccc(Cl)c1Cl. The van der Waals surface area contributed by atoms with Crippen molar-refractivity contribution in [2.45, 2.75) is 39.0 Å². The summed E-state index contributed by atoms with van der Waals surface area (Å²) >= 11 is 18.9. The predicted molar refractivity (Wildman–Crippen MR) is 154 cm³/mol. The van der Waals surface area contributed by atoms with Crippen molar-refractivity contribution in [2.75, 3.05) is 26.1 Å². The second-order valence-electron chi connectivity index (χ2n) is 8.91. The molecular formula is C26H27Cl3N8O5. The molecule has 2 aromatic heterocycles. The molecular weight excluding hydrogens is 611 g/mol. The van der Waals surface area contributed by atoms with E-state index in [2.05, 4.69) is 36.0 Å². The van der Waals surface area contributed by atoms with Crippen LogP contribution in [0.5, 0.6) is 0 Å². The Bertz CT molecular complexity index is 1560. The van der Waals surface area contributed by atoms with E-state index < -0.39 is 30.1 Å². The Morgan fingerprint density at radius 1 is 1.14 bits per heavy atom. The van der Waals surface area contributed by atoms with E-state index in [1.165, 1.54) is 25.3 Å². The van der Waals surface area contributed by atoms with Crippen LogP contribution in [0.15, 0.2) is 53.1 Å². The number of ether oxygens (including phenoxy) is 3. The molecule has 0 saturated heterocycles. The van der Waals surface area contributed by atoms with Crippen LogP contribution in [-0.4, -0.2) is 62.9 Å². The molecule has 16 heteroatoms. The molecule has 0 amide bonds. The highest BCUT2D eigenvalue weighted by Gasteiger charge is 2.43. The molecule has 1 aliphatic rings. The third-order valence-corrected chi connectivity index (χ3v) is 7.34. The van der Waals surface area contributed by atoms with Crippen molar-refractivity contribution in [1.29, 1.82) is 0 Å². The van der Waals surface area contributed by atoms with E-state index in [-0.39, 0.29) is 44.5 Å². The lowest BCUT2D eigenvalue weighted by molar-refractivity contribution is -0.139. The number of aromatic nitrogens is 6. The van der Waals surface area contributed by atoms with Crippen LogP contribution in [0, 0.1) is 0 Å². The summed E-state index contributed by atoms with van der Waals surface area (Å²) in [7, 11) is 2.66. The van der Waals surface area contributed by atoms with E-state index in [1.807, 2.05) is 0 Å². The molecule has 0 bridgehead atoms. The zero-order valence-electron chi connectivity index (χ0n) is 23.2. The van der Waals surface area contributed by atoms with Crippen LogP contribution in [0.2, 0.25) is 15.2 Å². The van der Waals surface area contributed by atoms with Gasteiger partial charge in [-0.3, -0.25) is 0 Å². The lowest BCUT2D eigenvalue weighted by atomic mass is 9.79. The third-order valence-electron chi connectivity index (χ3n) is 6.30. The van der Waals surface area contributed by atoms with Crippen LogP contribution in [0.25, 0.3) is 0 Å². The van der Waals surface area contributed by atoms with Crippen molar-refractivity contribution < 1.29 is 23.8 Å². The van der Waals surface area contributed by atoms with Gasteiger partial charge in [-0.2, -0.15) is 0 Å². The van der Waals surface area contributed by atoms with Gasteiger partial charge in [0.1, 0.15) is 23.5 Å². The molecule has 3 heterocycles. The average molecular weight is 638 g/mol. The second kappa shape index (κ2) is 13.5. The molecule has 42 heavy (non-hydrogen) atoms. The van der Waals surface area contributed by atoms with E-state index in [9.17, 15) is 9.59 Å². The molecule has 3 unspecified atom stereocenters. The van der Waals surface area contributed by atoms with Gasteiger partial charge in [0.15, 0.2) is 6.10 Å². The minimum absolute atomic E-state index is 0.0389. The molecule has 2 N–H and O–H groups in total. The number of esters is 2. The Kier molecular flexibility index (Phi) is 9.99. The maximum atomic E-state index is 13.6. The number of halogens is 3. The normalized spacial score (nSPS) is 16.5. The second-order valence-corrected chi connectivity index (χ2v) is 10.1. The van der Waals surface area contributed by atoms with E-state index >= 15 is 0 Å². The van der Waals surface area contributed by atoms with Crippen molar-refractivity contribution in [3.05, 3.63) is 79.7 Å². The zero-order valence-corrected chi connectivity index (χ0v) is 25.5. The Morgan fingerprint density at radius 2 is 1.90 bits per heavy atom. The number of carbonyl (C=O) groups excluding carboxylic acids is 2. The number of nitrogens with zero attached hydrogens (tertiary/aromatic N) is 6. The molecule has 0 spiro atoms. The largest absolute Gasteiger partial charge is 0.466 e. The molecule has 3 atom stereocenters. The molecule has 0 radical (unpaired) electrons. The first-order valence-corrected chi connectivity index (χ1v) is 13.7. The lowest BCUT2D eigenvalue weighted by Gasteiger charge is -2.33. The average Bonchev–Trinajstić information content (AvgIpc) is 3.44. The minimum Gasteiger partial charge on any atom is -0.466 e. The van der Waals surface area contributed by atoms with Crippen LogP contribution in [0.4, 0.5) is 5.82 Å². The van der Waals surface area contributed by atoms with Gasteiger partial charge in [0.2, 0.25) is 5.82 Å². The first-order valence-electron chi connectivity index (χ1n) is 12.6. The molecule has 0 aliphatic carbocycles. The maximum Gasteiger partial charge on any atom is 0.336 e. The fraction of sp³-hybridized carbons (Fsp3) is 0.346. The number of allylic oxidation sites excluding steroid dienone is 1. The van der Waals surface area contributed by atoms with E-state index in [1.54, 1.807) is 45.0 Å². The number of benzene rings is 1. The minimum atomic E-state index is -1.05. The van der Waals surface area contributed by atoms with Crippen LogP contribution >= 0.6 is 34.8 Å². The first-order chi connectivity index (χ1) is 20.1. The summed E-state index contributed by atoms with van der Waals surface area (Å²) in [4.78, 5) is 36.0. The van der Waals surface area contributed by atoms with E-state index in [0.717, 1.165) is 0 Å². The van der Waals surface area contributed by atoms with Crippen molar-refractivity contribution in [2.24, 2.45) is 0 Å². The molecule has 4 rings (SSSR count). The van der Waals surface area contributed by atoms with Gasteiger partial charge >= 0.3 is 11.9 Å². The van der Waals surface area contributed by atoms with Crippen LogP contribution in [-0.2, 0) is 23.8 Å². The summed E-state index contributed by atoms with van der Waals surface area (Å²) in [5.74, 6) is -1.87. The van der Waals surface area contributed by atoms with Gasteiger partial charge in [0.05, 0.1) is 46.5 Å². The zero-order chi connectivity index (χ0) is 30.6. The van der Waals surface area contributed by atoms with Crippen LogP contribution in [0.3, 0.4) is 0 Å². The number of methoxy groups -OCH3 is 2. The number of hydrogen-bond donors (Lipinski definition) is 2. The lowest BCUT2D eigenvalue weighted by Crippen LogP contribution is -2.36. The fourth-order valence-corrected chi connectivity index (χ4v) is 5.04. The topological polar surface area (TPSA) is 155 Å². The Balaban J connectivity index is 1.84. The summed E-state index contributed by atoms with van der Waals surface area (Å²) < 4.78 is 16.3. The monoisotopic (exact) mass is 636 g/mol. The smallest absolute Gasteiger partial charge is 0.336 e. The highest BCUT2D eigenvalue weighted by atomic mass is 35.5. The van der Waals surface area contributed by atoms with Crippen molar-refractivity contribution in [1.82, 2.24) is 35.5 Å². The molecule has 1 aliphatic heterocycles. The Labute approximate surface area is 256 Å². The number of tetrazole rings is 1. The molecule has 0 fully saturated rings. The van der Waals surface area contributed by atoms with E-state index in [4.69, 9.17) is 49.0 Å². The molecule has 3 aromatic rings. The number of dihydropyridines is 1. The van der Waals surface area contributed by atoms with Gasteiger partial charge in [-0.25, -0.2) is 19.6 Å². The first kappa shape index (κ1) is 31.2. The molecule has 222 valence electrons. The fourth-order valence-electron chi connectivity index (χ4n) is 4.47. The van der Waals surface area contributed by atoms with Gasteiger partial charge < -0.3 is 24.8 Å². The van der Waals surface area contributed by atoms with Crippen molar-refractivity contribution in [3.8, 4) is 0 Å². The summed E-state index contributed by atoms with van der Waals surface area (Å²) in [6.45, 7) is 5.16. The summed E-state index contributed by atoms with van der Waals surface area (Å²) in [6, 6.07) is 6.48. The van der Waals surface area contributed by atoms with Crippen LogP contribution in [0.1, 0.15) is 50.3 Å². The van der Waals surface area contributed by atoms with Crippen molar-refractivity contribution in [3.63, 3.8) is 0 Å². The van der Waals surface area contributed by atoms with Gasteiger partial charge in [-0.1, -0.05) is 46.9 Å². The predicted octanol–water partition coefficient (Wildman–Crippen LogP) is 4.39. The van der Waals surface area contributed by atoms with Gasteiger partial charge in [0.25, 0.3) is 0 Å². The number of nitrogens with one attached hydrogen (secondary N) is 2. The van der Waals surface area contributed by atoms with E-state index in [0.29, 0.717) is 17.1 Å². The summed E-state index contributed by atoms with van der Waals surface area (Å²) in [6.07, 6.45) is -0.246. The number of anilines is 1. The maximum absolute atomic E-state index is 13.6. The molecule has 13 nitrogen and oxygen atoms in total. The quantitative estimate of drug-likeness (QED) is 0.239. The number of carbonyl (C=O) groups is 2. The Morgan fingerprint density at radius 3 is 2.57 bits per heavy atom. The number of hydrogen-bond acceptors (Lipinski definition) is 12. The van der Waals surface area contributed by atoms with Gasteiger partial charge in [-0.15, -0.1) is 15.0 Å². The molecule has 0 saturated carbocycles.